The van der Waals surface area contributed by atoms with Gasteiger partial charge in [-0.15, -0.1) is 0 Å². The van der Waals surface area contributed by atoms with Crippen LogP contribution in [0.3, 0.4) is 0 Å². The fourth-order valence-corrected chi connectivity index (χ4v) is 4.31. The first kappa shape index (κ1) is 25.6. The number of amides is 2. The van der Waals surface area contributed by atoms with Gasteiger partial charge in [-0.3, -0.25) is 14.5 Å². The molecule has 1 unspecified atom stereocenters. The molecule has 2 aromatic carbocycles. The maximum absolute atomic E-state index is 13.1. The van der Waals surface area contributed by atoms with Crippen LogP contribution in [0.1, 0.15) is 49.8 Å². The smallest absolute Gasteiger partial charge is 0.234 e. The predicted molar refractivity (Wildman–Crippen MR) is 133 cm³/mol. The summed E-state index contributed by atoms with van der Waals surface area (Å²) in [6.45, 7) is 4.53. The number of nitrogens with zero attached hydrogens (tertiary/aromatic N) is 1. The van der Waals surface area contributed by atoms with Crippen molar-refractivity contribution >= 4 is 11.8 Å². The van der Waals surface area contributed by atoms with Crippen LogP contribution in [-0.4, -0.2) is 57.1 Å². The predicted octanol–water partition coefficient (Wildman–Crippen LogP) is 3.54. The van der Waals surface area contributed by atoms with Crippen molar-refractivity contribution < 1.29 is 19.1 Å². The lowest BCUT2D eigenvalue weighted by molar-refractivity contribution is -0.129. The van der Waals surface area contributed by atoms with Crippen molar-refractivity contribution in [3.05, 3.63) is 59.7 Å². The van der Waals surface area contributed by atoms with E-state index in [1.165, 1.54) is 0 Å². The maximum Gasteiger partial charge on any atom is 0.234 e. The number of unbranched alkanes of at least 4 members (excludes halogenated alkanes) is 1. The monoisotopic (exact) mass is 467 g/mol. The minimum Gasteiger partial charge on any atom is -0.497 e. The molecule has 34 heavy (non-hydrogen) atoms. The van der Waals surface area contributed by atoms with Crippen LogP contribution in [0, 0.1) is 5.92 Å². The highest BCUT2D eigenvalue weighted by atomic mass is 16.5. The van der Waals surface area contributed by atoms with E-state index in [9.17, 15) is 9.59 Å². The Labute approximate surface area is 202 Å². The standard InChI is InChI=1S/C27H37N3O4/c1-4-5-16-28-27(32)22-7-6-17-30(18-22)19-25(31)29-26(20-8-12-23(33-2)13-9-20)21-10-14-24(34-3)15-11-21/h8-15,22,26H,4-7,16-19H2,1-3H3,(H,28,32)(H,29,31). The molecule has 2 amide bonds. The molecule has 0 spiro atoms. The van der Waals surface area contributed by atoms with Crippen LogP contribution in [0.15, 0.2) is 48.5 Å². The first-order valence-corrected chi connectivity index (χ1v) is 12.1. The number of carbonyl (C=O) groups is 2. The Bertz CT molecular complexity index is 867. The van der Waals surface area contributed by atoms with Crippen LogP contribution in [-0.2, 0) is 9.59 Å². The molecule has 3 rings (SSSR count). The minimum absolute atomic E-state index is 0.0580. The molecule has 0 saturated carbocycles. The molecular weight excluding hydrogens is 430 g/mol. The summed E-state index contributed by atoms with van der Waals surface area (Å²) in [4.78, 5) is 27.7. The normalized spacial score (nSPS) is 16.2. The molecule has 0 aliphatic carbocycles. The minimum atomic E-state index is -0.303. The van der Waals surface area contributed by atoms with E-state index in [4.69, 9.17) is 9.47 Å². The molecule has 1 saturated heterocycles. The van der Waals surface area contributed by atoms with Crippen molar-refractivity contribution in [3.8, 4) is 11.5 Å². The summed E-state index contributed by atoms with van der Waals surface area (Å²) in [5, 5.41) is 6.23. The highest BCUT2D eigenvalue weighted by molar-refractivity contribution is 5.80. The van der Waals surface area contributed by atoms with Gasteiger partial charge in [0.1, 0.15) is 11.5 Å². The summed E-state index contributed by atoms with van der Waals surface area (Å²) >= 11 is 0. The van der Waals surface area contributed by atoms with Crippen LogP contribution >= 0.6 is 0 Å². The molecule has 184 valence electrons. The lowest BCUT2D eigenvalue weighted by Crippen LogP contribution is -2.47. The zero-order chi connectivity index (χ0) is 24.3. The Morgan fingerprint density at radius 3 is 2.12 bits per heavy atom. The molecule has 0 radical (unpaired) electrons. The second kappa shape index (κ2) is 13.0. The lowest BCUT2D eigenvalue weighted by Gasteiger charge is -2.32. The Morgan fingerprint density at radius 1 is 1.00 bits per heavy atom. The Hall–Kier alpha value is -3.06. The van der Waals surface area contributed by atoms with E-state index in [0.29, 0.717) is 6.54 Å². The first-order chi connectivity index (χ1) is 16.5. The number of carbonyl (C=O) groups excluding carboxylic acids is 2. The average Bonchev–Trinajstić information content (AvgIpc) is 2.87. The summed E-state index contributed by atoms with van der Waals surface area (Å²) < 4.78 is 10.6. The third-order valence-electron chi connectivity index (χ3n) is 6.28. The van der Waals surface area contributed by atoms with Gasteiger partial charge in [-0.25, -0.2) is 0 Å². The molecule has 1 fully saturated rings. The van der Waals surface area contributed by atoms with E-state index in [2.05, 4.69) is 22.5 Å². The number of benzene rings is 2. The van der Waals surface area contributed by atoms with Crippen molar-refractivity contribution in [1.82, 2.24) is 15.5 Å². The molecule has 1 atom stereocenters. The van der Waals surface area contributed by atoms with Crippen LogP contribution < -0.4 is 20.1 Å². The summed E-state index contributed by atoms with van der Waals surface area (Å²) in [5.74, 6) is 1.51. The van der Waals surface area contributed by atoms with Gasteiger partial charge >= 0.3 is 0 Å². The largest absolute Gasteiger partial charge is 0.497 e. The van der Waals surface area contributed by atoms with E-state index >= 15 is 0 Å². The molecule has 1 heterocycles. The van der Waals surface area contributed by atoms with E-state index in [1.54, 1.807) is 14.2 Å². The van der Waals surface area contributed by atoms with E-state index in [-0.39, 0.29) is 30.3 Å². The molecule has 2 aromatic rings. The lowest BCUT2D eigenvalue weighted by atomic mass is 9.96. The van der Waals surface area contributed by atoms with Crippen molar-refractivity contribution in [3.63, 3.8) is 0 Å². The Balaban J connectivity index is 1.66. The number of rotatable bonds is 11. The van der Waals surface area contributed by atoms with Gasteiger partial charge in [0.15, 0.2) is 0 Å². The van der Waals surface area contributed by atoms with Gasteiger partial charge in [0.2, 0.25) is 11.8 Å². The topological polar surface area (TPSA) is 79.9 Å². The van der Waals surface area contributed by atoms with Crippen LogP contribution in [0.25, 0.3) is 0 Å². The van der Waals surface area contributed by atoms with E-state index < -0.39 is 0 Å². The second-order valence-corrected chi connectivity index (χ2v) is 8.77. The quantitative estimate of drug-likeness (QED) is 0.494. The number of nitrogens with one attached hydrogen (secondary N) is 2. The summed E-state index contributed by atoms with van der Waals surface area (Å²) in [5.41, 5.74) is 1.93. The highest BCUT2D eigenvalue weighted by Crippen LogP contribution is 2.26. The first-order valence-electron chi connectivity index (χ1n) is 12.1. The Kier molecular flexibility index (Phi) is 9.76. The third-order valence-corrected chi connectivity index (χ3v) is 6.28. The van der Waals surface area contributed by atoms with Gasteiger partial charge in [0, 0.05) is 13.1 Å². The molecule has 2 N–H and O–H groups in total. The van der Waals surface area contributed by atoms with Crippen LogP contribution in [0.4, 0.5) is 0 Å². The zero-order valence-electron chi connectivity index (χ0n) is 20.5. The van der Waals surface area contributed by atoms with Gasteiger partial charge in [-0.1, -0.05) is 37.6 Å². The molecule has 7 heteroatoms. The zero-order valence-corrected chi connectivity index (χ0v) is 20.5. The number of piperidine rings is 1. The number of hydrogen-bond acceptors (Lipinski definition) is 5. The van der Waals surface area contributed by atoms with E-state index in [0.717, 1.165) is 61.4 Å². The second-order valence-electron chi connectivity index (χ2n) is 8.77. The van der Waals surface area contributed by atoms with Gasteiger partial charge < -0.3 is 20.1 Å². The highest BCUT2D eigenvalue weighted by Gasteiger charge is 2.27. The fourth-order valence-electron chi connectivity index (χ4n) is 4.31. The fraction of sp³-hybridized carbons (Fsp3) is 0.481. The SMILES string of the molecule is CCCCNC(=O)C1CCCN(CC(=O)NC(c2ccc(OC)cc2)c2ccc(OC)cc2)C1. The summed E-state index contributed by atoms with van der Waals surface area (Å²) in [6, 6.07) is 15.1. The summed E-state index contributed by atoms with van der Waals surface area (Å²) in [6.07, 6.45) is 3.83. The maximum atomic E-state index is 13.1. The van der Waals surface area contributed by atoms with Crippen molar-refractivity contribution in [1.29, 1.82) is 0 Å². The molecule has 0 bridgehead atoms. The van der Waals surface area contributed by atoms with Gasteiger partial charge in [0.05, 0.1) is 32.7 Å². The van der Waals surface area contributed by atoms with Gasteiger partial charge in [0.25, 0.3) is 0 Å². The molecule has 0 aromatic heterocycles. The van der Waals surface area contributed by atoms with Crippen LogP contribution in [0.5, 0.6) is 11.5 Å². The average molecular weight is 468 g/mol. The van der Waals surface area contributed by atoms with Crippen LogP contribution in [0.2, 0.25) is 0 Å². The van der Waals surface area contributed by atoms with Crippen molar-refractivity contribution in [2.45, 2.75) is 38.6 Å². The molecule has 7 nitrogen and oxygen atoms in total. The Morgan fingerprint density at radius 2 is 1.59 bits per heavy atom. The van der Waals surface area contributed by atoms with Gasteiger partial charge in [-0.05, 0) is 61.2 Å². The van der Waals surface area contributed by atoms with Gasteiger partial charge in [-0.2, -0.15) is 0 Å². The van der Waals surface area contributed by atoms with Crippen molar-refractivity contribution in [2.24, 2.45) is 5.92 Å². The number of likely N-dealkylation sites (tertiary alicyclic amines) is 1. The molecule has 1 aliphatic heterocycles. The van der Waals surface area contributed by atoms with E-state index in [1.807, 2.05) is 48.5 Å². The third kappa shape index (κ3) is 7.22. The number of methoxy groups -OCH3 is 2. The number of ether oxygens (including phenoxy) is 2. The molecule has 1 aliphatic rings. The van der Waals surface area contributed by atoms with Crippen molar-refractivity contribution in [2.75, 3.05) is 40.4 Å². The number of hydrogen-bond donors (Lipinski definition) is 2. The summed E-state index contributed by atoms with van der Waals surface area (Å²) in [7, 11) is 3.27. The molecular formula is C27H37N3O4.